The summed E-state index contributed by atoms with van der Waals surface area (Å²) in [6, 6.07) is 0. The number of amides is 1. The Morgan fingerprint density at radius 1 is 1.44 bits per heavy atom. The van der Waals surface area contributed by atoms with Crippen LogP contribution in [0.2, 0.25) is 0 Å². The normalized spacial score (nSPS) is 20.0. The number of carbonyl (C=O) groups excluding carboxylic acids is 1. The van der Waals surface area contributed by atoms with E-state index in [0.29, 0.717) is 5.91 Å². The van der Waals surface area contributed by atoms with Crippen molar-refractivity contribution in [3.63, 3.8) is 0 Å². The second kappa shape index (κ2) is 7.66. The van der Waals surface area contributed by atoms with Crippen LogP contribution in [0.1, 0.15) is 46.0 Å². The zero-order valence-corrected chi connectivity index (χ0v) is 10.8. The smallest absolute Gasteiger partial charge is 0.222 e. The summed E-state index contributed by atoms with van der Waals surface area (Å²) < 4.78 is 0. The molecule has 3 nitrogen and oxygen atoms in total. The van der Waals surface area contributed by atoms with Gasteiger partial charge in [0.2, 0.25) is 5.91 Å². The van der Waals surface area contributed by atoms with Crippen LogP contribution in [-0.2, 0) is 4.79 Å². The minimum Gasteiger partial charge on any atom is -0.343 e. The highest BCUT2D eigenvalue weighted by atomic mass is 16.2. The van der Waals surface area contributed by atoms with Crippen molar-refractivity contribution in [2.45, 2.75) is 46.0 Å². The Morgan fingerprint density at radius 2 is 2.25 bits per heavy atom. The van der Waals surface area contributed by atoms with E-state index in [9.17, 15) is 4.79 Å². The Bertz CT molecular complexity index is 200. The van der Waals surface area contributed by atoms with E-state index < -0.39 is 0 Å². The Balaban J connectivity index is 2.19. The largest absolute Gasteiger partial charge is 0.343 e. The van der Waals surface area contributed by atoms with E-state index in [1.54, 1.807) is 0 Å². The molecule has 0 radical (unpaired) electrons. The van der Waals surface area contributed by atoms with Gasteiger partial charge in [-0.05, 0) is 45.2 Å². The van der Waals surface area contributed by atoms with Crippen LogP contribution >= 0.6 is 0 Å². The number of carbonyl (C=O) groups is 1. The zero-order chi connectivity index (χ0) is 11.8. The number of hydrogen-bond acceptors (Lipinski definition) is 2. The van der Waals surface area contributed by atoms with Gasteiger partial charge in [0.15, 0.2) is 0 Å². The molecule has 3 heteroatoms. The van der Waals surface area contributed by atoms with Crippen LogP contribution in [-0.4, -0.2) is 37.0 Å². The highest BCUT2D eigenvalue weighted by molar-refractivity contribution is 5.76. The van der Waals surface area contributed by atoms with Crippen molar-refractivity contribution < 1.29 is 4.79 Å². The molecule has 1 fully saturated rings. The number of rotatable bonds is 7. The summed E-state index contributed by atoms with van der Waals surface area (Å²) in [4.78, 5) is 13.9. The van der Waals surface area contributed by atoms with E-state index >= 15 is 0 Å². The Labute approximate surface area is 99.6 Å². The lowest BCUT2D eigenvalue weighted by atomic mass is 10.0. The van der Waals surface area contributed by atoms with Crippen molar-refractivity contribution >= 4 is 5.91 Å². The molecular weight excluding hydrogens is 200 g/mol. The van der Waals surface area contributed by atoms with Crippen LogP contribution in [0.15, 0.2) is 0 Å². The Kier molecular flexibility index (Phi) is 6.46. The molecule has 1 N–H and O–H groups in total. The first-order valence-electron chi connectivity index (χ1n) is 6.76. The third-order valence-electron chi connectivity index (χ3n) is 3.44. The summed E-state index contributed by atoms with van der Waals surface area (Å²) in [6.07, 6.45) is 5.34. The van der Waals surface area contributed by atoms with Gasteiger partial charge in [0.1, 0.15) is 0 Å². The van der Waals surface area contributed by atoms with Crippen molar-refractivity contribution in [1.29, 1.82) is 0 Å². The number of hydrogen-bond donors (Lipinski definition) is 1. The van der Waals surface area contributed by atoms with Crippen LogP contribution in [0.5, 0.6) is 0 Å². The van der Waals surface area contributed by atoms with Gasteiger partial charge in [-0.2, -0.15) is 0 Å². The van der Waals surface area contributed by atoms with Crippen molar-refractivity contribution in [3.05, 3.63) is 0 Å². The second-order valence-corrected chi connectivity index (χ2v) is 4.72. The highest BCUT2D eigenvalue weighted by Crippen LogP contribution is 2.15. The summed E-state index contributed by atoms with van der Waals surface area (Å²) in [6.45, 7) is 8.28. The van der Waals surface area contributed by atoms with E-state index in [1.165, 1.54) is 6.42 Å². The maximum atomic E-state index is 11.9. The van der Waals surface area contributed by atoms with Gasteiger partial charge >= 0.3 is 0 Å². The van der Waals surface area contributed by atoms with Crippen molar-refractivity contribution in [3.8, 4) is 0 Å². The fourth-order valence-electron chi connectivity index (χ4n) is 2.25. The molecule has 94 valence electrons. The summed E-state index contributed by atoms with van der Waals surface area (Å²) in [7, 11) is 0. The van der Waals surface area contributed by atoms with E-state index in [2.05, 4.69) is 19.2 Å². The quantitative estimate of drug-likeness (QED) is 0.720. The van der Waals surface area contributed by atoms with E-state index in [0.717, 1.165) is 57.8 Å². The molecule has 0 saturated carbocycles. The predicted octanol–water partition coefficient (Wildman–Crippen LogP) is 2.02. The molecular formula is C13H26N2O. The van der Waals surface area contributed by atoms with Crippen LogP contribution in [0, 0.1) is 5.92 Å². The van der Waals surface area contributed by atoms with Gasteiger partial charge in [-0.15, -0.1) is 0 Å². The summed E-state index contributed by atoms with van der Waals surface area (Å²) in [5.41, 5.74) is 0. The zero-order valence-electron chi connectivity index (χ0n) is 10.8. The van der Waals surface area contributed by atoms with Gasteiger partial charge in [0.05, 0.1) is 0 Å². The third-order valence-corrected chi connectivity index (χ3v) is 3.44. The fraction of sp³-hybridized carbons (Fsp3) is 0.923. The average molecular weight is 226 g/mol. The lowest BCUT2D eigenvalue weighted by Crippen LogP contribution is -2.32. The molecule has 0 aliphatic carbocycles. The molecule has 0 aromatic carbocycles. The van der Waals surface area contributed by atoms with Gasteiger partial charge in [-0.1, -0.05) is 13.3 Å². The predicted molar refractivity (Wildman–Crippen MR) is 67.4 cm³/mol. The van der Waals surface area contributed by atoms with Crippen LogP contribution < -0.4 is 5.32 Å². The molecule has 0 aromatic rings. The van der Waals surface area contributed by atoms with Crippen molar-refractivity contribution in [2.24, 2.45) is 5.92 Å². The van der Waals surface area contributed by atoms with Crippen LogP contribution in [0.25, 0.3) is 0 Å². The van der Waals surface area contributed by atoms with Crippen molar-refractivity contribution in [2.75, 3.05) is 26.2 Å². The Hall–Kier alpha value is -0.570. The van der Waals surface area contributed by atoms with Crippen LogP contribution in [0.4, 0.5) is 0 Å². The first kappa shape index (κ1) is 13.5. The third kappa shape index (κ3) is 4.52. The molecule has 1 rings (SSSR count). The number of unbranched alkanes of at least 4 members (excludes halogenated alkanes) is 1. The number of nitrogens with zero attached hydrogens (tertiary/aromatic N) is 1. The molecule has 1 atom stereocenters. The molecule has 1 heterocycles. The molecule has 1 saturated heterocycles. The van der Waals surface area contributed by atoms with Gasteiger partial charge in [-0.3, -0.25) is 4.79 Å². The van der Waals surface area contributed by atoms with Crippen molar-refractivity contribution in [1.82, 2.24) is 10.2 Å². The summed E-state index contributed by atoms with van der Waals surface area (Å²) in [5.74, 6) is 1.08. The SMILES string of the molecule is CCCCN(CC)C(=O)CCC1CCNC1. The van der Waals surface area contributed by atoms with E-state index in [4.69, 9.17) is 0 Å². The van der Waals surface area contributed by atoms with Gasteiger partial charge < -0.3 is 10.2 Å². The topological polar surface area (TPSA) is 32.3 Å². The summed E-state index contributed by atoms with van der Waals surface area (Å²) in [5, 5.41) is 3.35. The van der Waals surface area contributed by atoms with E-state index in [1.807, 2.05) is 4.90 Å². The van der Waals surface area contributed by atoms with Gasteiger partial charge in [0, 0.05) is 19.5 Å². The minimum atomic E-state index is 0.350. The van der Waals surface area contributed by atoms with Gasteiger partial charge in [-0.25, -0.2) is 0 Å². The van der Waals surface area contributed by atoms with E-state index in [-0.39, 0.29) is 0 Å². The highest BCUT2D eigenvalue weighted by Gasteiger charge is 2.17. The molecule has 1 amide bonds. The second-order valence-electron chi connectivity index (χ2n) is 4.72. The lowest BCUT2D eigenvalue weighted by molar-refractivity contribution is -0.131. The first-order chi connectivity index (χ1) is 7.77. The van der Waals surface area contributed by atoms with Crippen LogP contribution in [0.3, 0.4) is 0 Å². The molecule has 0 aromatic heterocycles. The molecule has 1 unspecified atom stereocenters. The maximum absolute atomic E-state index is 11.9. The molecule has 0 spiro atoms. The monoisotopic (exact) mass is 226 g/mol. The van der Waals surface area contributed by atoms with Gasteiger partial charge in [0.25, 0.3) is 0 Å². The standard InChI is InChI=1S/C13H26N2O/c1-3-5-10-15(4-2)13(16)7-6-12-8-9-14-11-12/h12,14H,3-11H2,1-2H3. The lowest BCUT2D eigenvalue weighted by Gasteiger charge is -2.21. The molecule has 16 heavy (non-hydrogen) atoms. The first-order valence-corrected chi connectivity index (χ1v) is 6.76. The molecule has 1 aliphatic heterocycles. The number of nitrogens with one attached hydrogen (secondary N) is 1. The minimum absolute atomic E-state index is 0.350. The average Bonchev–Trinajstić information content (AvgIpc) is 2.80. The fourth-order valence-corrected chi connectivity index (χ4v) is 2.25. The maximum Gasteiger partial charge on any atom is 0.222 e. The summed E-state index contributed by atoms with van der Waals surface area (Å²) >= 11 is 0. The molecule has 1 aliphatic rings. The molecule has 0 bridgehead atoms. The Morgan fingerprint density at radius 3 is 2.81 bits per heavy atom.